The zero-order valence-electron chi connectivity index (χ0n) is 15.9. The molecule has 3 aromatic carbocycles. The number of benzene rings is 3. The molecular weight excluding hydrogens is 367 g/mol. The van der Waals surface area contributed by atoms with E-state index in [4.69, 9.17) is 0 Å². The number of carbonyl (C=O) groups is 2. The third-order valence-corrected chi connectivity index (χ3v) is 5.08. The summed E-state index contributed by atoms with van der Waals surface area (Å²) in [6.45, 7) is 0.501. The molecule has 0 atom stereocenters. The molecule has 2 amide bonds. The molecule has 29 heavy (non-hydrogen) atoms. The van der Waals surface area contributed by atoms with Crippen LogP contribution in [0.25, 0.3) is 11.1 Å². The van der Waals surface area contributed by atoms with Crippen molar-refractivity contribution in [3.8, 4) is 11.1 Å². The lowest BCUT2D eigenvalue weighted by Gasteiger charge is -2.08. The predicted octanol–water partition coefficient (Wildman–Crippen LogP) is 4.70. The van der Waals surface area contributed by atoms with E-state index >= 15 is 0 Å². The van der Waals surface area contributed by atoms with Crippen molar-refractivity contribution in [1.82, 2.24) is 5.32 Å². The van der Waals surface area contributed by atoms with Crippen LogP contribution in [0, 0.1) is 5.82 Å². The quantitative estimate of drug-likeness (QED) is 0.643. The largest absolute Gasteiger partial charge is 0.348 e. The monoisotopic (exact) mass is 388 g/mol. The highest BCUT2D eigenvalue weighted by atomic mass is 19.1. The Morgan fingerprint density at radius 3 is 2.59 bits per heavy atom. The Kier molecular flexibility index (Phi) is 5.38. The fraction of sp³-hybridized carbons (Fsp3) is 0.167. The van der Waals surface area contributed by atoms with Gasteiger partial charge in [0.25, 0.3) is 5.91 Å². The first-order valence-electron chi connectivity index (χ1n) is 9.65. The number of hydrogen-bond donors (Lipinski definition) is 2. The van der Waals surface area contributed by atoms with Crippen LogP contribution in [0.5, 0.6) is 0 Å². The minimum absolute atomic E-state index is 0.0507. The number of nitrogens with one attached hydrogen (secondary N) is 2. The van der Waals surface area contributed by atoms with Crippen LogP contribution in [0.15, 0.2) is 66.7 Å². The number of rotatable bonds is 6. The molecule has 0 radical (unpaired) electrons. The van der Waals surface area contributed by atoms with Crippen molar-refractivity contribution in [1.29, 1.82) is 0 Å². The zero-order valence-corrected chi connectivity index (χ0v) is 15.9. The first-order chi connectivity index (χ1) is 14.1. The summed E-state index contributed by atoms with van der Waals surface area (Å²) in [7, 11) is 0. The lowest BCUT2D eigenvalue weighted by atomic mass is 10.0. The number of hydrogen-bond acceptors (Lipinski definition) is 2. The summed E-state index contributed by atoms with van der Waals surface area (Å²) in [5.74, 6) is -0.354. The van der Waals surface area contributed by atoms with Crippen LogP contribution in [-0.4, -0.2) is 11.8 Å². The maximum Gasteiger partial charge on any atom is 0.251 e. The fourth-order valence-corrected chi connectivity index (χ4v) is 3.53. The van der Waals surface area contributed by atoms with Gasteiger partial charge in [0.05, 0.1) is 0 Å². The van der Waals surface area contributed by atoms with E-state index in [0.29, 0.717) is 29.8 Å². The van der Waals surface area contributed by atoms with Gasteiger partial charge in [0.2, 0.25) is 5.91 Å². The summed E-state index contributed by atoms with van der Waals surface area (Å²) in [6, 6.07) is 19.8. The van der Waals surface area contributed by atoms with E-state index in [-0.39, 0.29) is 17.6 Å². The Labute approximate surface area is 168 Å². The van der Waals surface area contributed by atoms with Crippen molar-refractivity contribution in [2.75, 3.05) is 5.32 Å². The van der Waals surface area contributed by atoms with Crippen molar-refractivity contribution in [3.63, 3.8) is 0 Å². The van der Waals surface area contributed by atoms with E-state index in [1.165, 1.54) is 6.07 Å². The van der Waals surface area contributed by atoms with Gasteiger partial charge in [-0.05, 0) is 53.8 Å². The first kappa shape index (κ1) is 18.9. The van der Waals surface area contributed by atoms with Gasteiger partial charge in [0.1, 0.15) is 5.82 Å². The highest BCUT2D eigenvalue weighted by Gasteiger charge is 2.18. The number of fused-ring (bicyclic) bond motifs is 1. The molecule has 4 nitrogen and oxygen atoms in total. The zero-order chi connectivity index (χ0) is 20.2. The van der Waals surface area contributed by atoms with Gasteiger partial charge in [0.15, 0.2) is 0 Å². The lowest BCUT2D eigenvalue weighted by molar-refractivity contribution is -0.116. The summed E-state index contributed by atoms with van der Waals surface area (Å²) in [5.41, 5.74) is 4.82. The first-order valence-corrected chi connectivity index (χ1v) is 9.65. The van der Waals surface area contributed by atoms with Crippen molar-refractivity contribution in [3.05, 3.63) is 89.2 Å². The highest BCUT2D eigenvalue weighted by Crippen LogP contribution is 2.23. The van der Waals surface area contributed by atoms with E-state index in [9.17, 15) is 14.0 Å². The Hall–Kier alpha value is -3.47. The molecule has 2 N–H and O–H groups in total. The molecule has 0 aliphatic carbocycles. The molecule has 1 aliphatic heterocycles. The van der Waals surface area contributed by atoms with E-state index < -0.39 is 0 Å². The van der Waals surface area contributed by atoms with E-state index in [1.54, 1.807) is 24.3 Å². The summed E-state index contributed by atoms with van der Waals surface area (Å²) in [5, 5.41) is 5.65. The topological polar surface area (TPSA) is 58.2 Å². The lowest BCUT2D eigenvalue weighted by Crippen LogP contribution is -2.12. The van der Waals surface area contributed by atoms with Crippen LogP contribution in [0.1, 0.15) is 34.3 Å². The molecule has 0 aromatic heterocycles. The molecule has 0 unspecified atom stereocenters. The van der Waals surface area contributed by atoms with E-state index in [1.807, 2.05) is 36.4 Å². The average molecular weight is 388 g/mol. The molecular formula is C24H21FN2O2. The summed E-state index contributed by atoms with van der Waals surface area (Å²) in [6.07, 6.45) is 1.90. The predicted molar refractivity (Wildman–Crippen MR) is 111 cm³/mol. The third-order valence-electron chi connectivity index (χ3n) is 5.08. The van der Waals surface area contributed by atoms with Crippen molar-refractivity contribution < 1.29 is 14.0 Å². The Morgan fingerprint density at radius 1 is 1.00 bits per heavy atom. The van der Waals surface area contributed by atoms with Crippen molar-refractivity contribution in [2.24, 2.45) is 0 Å². The minimum Gasteiger partial charge on any atom is -0.348 e. The SMILES string of the molecule is O=C(CCCc1ccc(-c2ccccc2F)cc1)Nc1ccc2c(c1)CNC2=O. The second kappa shape index (κ2) is 8.27. The summed E-state index contributed by atoms with van der Waals surface area (Å²) >= 11 is 0. The summed E-state index contributed by atoms with van der Waals surface area (Å²) in [4.78, 5) is 23.8. The highest BCUT2D eigenvalue weighted by molar-refractivity contribution is 5.99. The summed E-state index contributed by atoms with van der Waals surface area (Å²) < 4.78 is 13.9. The molecule has 0 bridgehead atoms. The Balaban J connectivity index is 1.28. The average Bonchev–Trinajstić information content (AvgIpc) is 3.09. The van der Waals surface area contributed by atoms with Crippen LogP contribution in [0.3, 0.4) is 0 Å². The molecule has 3 aromatic rings. The second-order valence-corrected chi connectivity index (χ2v) is 7.13. The van der Waals surface area contributed by atoms with Gasteiger partial charge in [-0.1, -0.05) is 42.5 Å². The molecule has 0 saturated carbocycles. The third kappa shape index (κ3) is 4.35. The van der Waals surface area contributed by atoms with Gasteiger partial charge in [-0.25, -0.2) is 4.39 Å². The van der Waals surface area contributed by atoms with Crippen LogP contribution < -0.4 is 10.6 Å². The maximum atomic E-state index is 13.9. The number of halogens is 1. The normalized spacial score (nSPS) is 12.4. The van der Waals surface area contributed by atoms with Crippen LogP contribution in [-0.2, 0) is 17.8 Å². The fourth-order valence-electron chi connectivity index (χ4n) is 3.53. The maximum absolute atomic E-state index is 13.9. The number of carbonyl (C=O) groups excluding carboxylic acids is 2. The van der Waals surface area contributed by atoms with Crippen molar-refractivity contribution in [2.45, 2.75) is 25.8 Å². The van der Waals surface area contributed by atoms with Gasteiger partial charge < -0.3 is 10.6 Å². The standard InChI is InChI=1S/C24H21FN2O2/c25-22-6-2-1-5-20(22)17-10-8-16(9-11-17)4-3-7-23(28)27-19-12-13-21-18(14-19)15-26-24(21)29/h1-2,5-6,8-14H,3-4,7,15H2,(H,26,29)(H,27,28). The second-order valence-electron chi connectivity index (χ2n) is 7.13. The minimum atomic E-state index is -0.233. The van der Waals surface area contributed by atoms with E-state index in [0.717, 1.165) is 29.5 Å². The van der Waals surface area contributed by atoms with Gasteiger partial charge in [-0.2, -0.15) is 0 Å². The Morgan fingerprint density at radius 2 is 1.79 bits per heavy atom. The molecule has 1 aliphatic rings. The van der Waals surface area contributed by atoms with Crippen LogP contribution in [0.2, 0.25) is 0 Å². The Bertz CT molecular complexity index is 1060. The van der Waals surface area contributed by atoms with Gasteiger partial charge >= 0.3 is 0 Å². The molecule has 4 rings (SSSR count). The molecule has 5 heteroatoms. The van der Waals surface area contributed by atoms with Gasteiger partial charge in [0, 0.05) is 29.8 Å². The molecule has 0 spiro atoms. The smallest absolute Gasteiger partial charge is 0.251 e. The van der Waals surface area contributed by atoms with Crippen molar-refractivity contribution >= 4 is 17.5 Å². The number of anilines is 1. The molecule has 0 fully saturated rings. The van der Waals surface area contributed by atoms with E-state index in [2.05, 4.69) is 10.6 Å². The van der Waals surface area contributed by atoms with Gasteiger partial charge in [-0.15, -0.1) is 0 Å². The van der Waals surface area contributed by atoms with Crippen LogP contribution >= 0.6 is 0 Å². The molecule has 1 heterocycles. The van der Waals surface area contributed by atoms with Crippen LogP contribution in [0.4, 0.5) is 10.1 Å². The number of aryl methyl sites for hydroxylation is 1. The number of amides is 2. The molecule has 146 valence electrons. The van der Waals surface area contributed by atoms with Gasteiger partial charge in [-0.3, -0.25) is 9.59 Å². The molecule has 0 saturated heterocycles.